The molecular formula is C22H23Cl2N3O3S2. The minimum atomic E-state index is -3.36. The third-order valence-electron chi connectivity index (χ3n) is 5.12. The molecule has 6 nitrogen and oxygen atoms in total. The lowest BCUT2D eigenvalue weighted by Crippen LogP contribution is -2.15. The van der Waals surface area contributed by atoms with E-state index in [4.69, 9.17) is 28.9 Å². The number of halogens is 2. The first-order valence-corrected chi connectivity index (χ1v) is 13.2. The fourth-order valence-electron chi connectivity index (χ4n) is 3.18. The number of sulfone groups is 1. The van der Waals surface area contributed by atoms with Crippen molar-refractivity contribution in [3.63, 3.8) is 0 Å². The number of nitrogens with one attached hydrogen (secondary N) is 1. The van der Waals surface area contributed by atoms with Gasteiger partial charge in [-0.15, -0.1) is 0 Å². The Kier molecular flexibility index (Phi) is 7.82. The average molecular weight is 512 g/mol. The van der Waals surface area contributed by atoms with Crippen molar-refractivity contribution in [3.05, 3.63) is 63.0 Å². The largest absolute Gasteiger partial charge is 0.382 e. The van der Waals surface area contributed by atoms with Gasteiger partial charge in [0.15, 0.2) is 15.0 Å². The minimum absolute atomic E-state index is 0.0582. The predicted molar refractivity (Wildman–Crippen MR) is 132 cm³/mol. The van der Waals surface area contributed by atoms with Gasteiger partial charge in [-0.1, -0.05) is 67.3 Å². The van der Waals surface area contributed by atoms with Crippen molar-refractivity contribution >= 4 is 66.8 Å². The number of nitrogen functional groups attached to an aromatic ring is 1. The Labute approximate surface area is 201 Å². The van der Waals surface area contributed by atoms with Gasteiger partial charge in [0.1, 0.15) is 10.7 Å². The van der Waals surface area contributed by atoms with Gasteiger partial charge in [0, 0.05) is 5.69 Å². The number of benzene rings is 2. The summed E-state index contributed by atoms with van der Waals surface area (Å²) in [7, 11) is -3.36. The molecule has 0 amide bonds. The van der Waals surface area contributed by atoms with E-state index in [1.165, 1.54) is 0 Å². The summed E-state index contributed by atoms with van der Waals surface area (Å²) in [6.07, 6.45) is 1.64. The van der Waals surface area contributed by atoms with Crippen LogP contribution in [0.5, 0.6) is 0 Å². The molecular weight excluding hydrogens is 489 g/mol. The van der Waals surface area contributed by atoms with Gasteiger partial charge in [-0.3, -0.25) is 4.79 Å². The second-order valence-corrected chi connectivity index (χ2v) is 11.1. The van der Waals surface area contributed by atoms with E-state index in [0.717, 1.165) is 24.2 Å². The molecule has 0 spiro atoms. The maximum absolute atomic E-state index is 12.9. The van der Waals surface area contributed by atoms with Gasteiger partial charge in [0.2, 0.25) is 5.78 Å². The number of rotatable bonds is 9. The van der Waals surface area contributed by atoms with Crippen molar-refractivity contribution in [2.75, 3.05) is 16.8 Å². The van der Waals surface area contributed by atoms with Crippen LogP contribution in [-0.4, -0.2) is 24.9 Å². The molecule has 0 aliphatic heterocycles. The molecule has 0 saturated carbocycles. The molecule has 0 radical (unpaired) electrons. The summed E-state index contributed by atoms with van der Waals surface area (Å²) in [6, 6.07) is 11.2. The summed E-state index contributed by atoms with van der Waals surface area (Å²) in [4.78, 5) is 17.6. The molecule has 1 aromatic heterocycles. The van der Waals surface area contributed by atoms with Gasteiger partial charge < -0.3 is 11.1 Å². The van der Waals surface area contributed by atoms with Crippen molar-refractivity contribution in [1.29, 1.82) is 0 Å². The number of aromatic nitrogens is 1. The number of nitrogens with zero attached hydrogens (tertiary/aromatic N) is 1. The zero-order chi connectivity index (χ0) is 23.5. The first-order chi connectivity index (χ1) is 15.2. The number of thiazole rings is 1. The molecule has 0 bridgehead atoms. The Balaban J connectivity index is 1.79. The van der Waals surface area contributed by atoms with E-state index in [2.05, 4.69) is 10.3 Å². The molecule has 0 saturated heterocycles. The molecule has 3 rings (SSSR count). The van der Waals surface area contributed by atoms with Gasteiger partial charge in [-0.25, -0.2) is 13.4 Å². The summed E-state index contributed by atoms with van der Waals surface area (Å²) in [5, 5.41) is 3.91. The van der Waals surface area contributed by atoms with Gasteiger partial charge in [0.05, 0.1) is 26.3 Å². The third-order valence-corrected chi connectivity index (χ3v) is 8.64. The highest BCUT2D eigenvalue weighted by molar-refractivity contribution is 7.91. The summed E-state index contributed by atoms with van der Waals surface area (Å²) in [5.74, 6) is -0.0840. The van der Waals surface area contributed by atoms with Crippen LogP contribution in [0.15, 0.2) is 47.4 Å². The standard InChI is InChI=1S/C22H23Cl2N3O3S2/c1-3-13(4-2)12-32(29,30)15-10-8-14(9-11-15)26-22-27-21(25)20(31-22)19(28)18-16(23)6-5-7-17(18)24/h5-11,13H,3-4,12,25H2,1-2H3,(H,26,27). The summed E-state index contributed by atoms with van der Waals surface area (Å²) < 4.78 is 25.3. The van der Waals surface area contributed by atoms with Crippen LogP contribution in [0.4, 0.5) is 16.6 Å². The van der Waals surface area contributed by atoms with Crippen molar-refractivity contribution in [2.24, 2.45) is 5.92 Å². The van der Waals surface area contributed by atoms with Crippen molar-refractivity contribution in [1.82, 2.24) is 4.98 Å². The Hall–Kier alpha value is -2.13. The van der Waals surface area contributed by atoms with Gasteiger partial charge in [0.25, 0.3) is 0 Å². The Morgan fingerprint density at radius 1 is 1.09 bits per heavy atom. The van der Waals surface area contributed by atoms with Crippen LogP contribution in [0.1, 0.15) is 41.9 Å². The Morgan fingerprint density at radius 2 is 1.69 bits per heavy atom. The molecule has 10 heteroatoms. The van der Waals surface area contributed by atoms with Crippen molar-refractivity contribution in [3.8, 4) is 0 Å². The van der Waals surface area contributed by atoms with Crippen LogP contribution in [-0.2, 0) is 9.84 Å². The van der Waals surface area contributed by atoms with Gasteiger partial charge in [-0.2, -0.15) is 0 Å². The SMILES string of the molecule is CCC(CC)CS(=O)(=O)c1ccc(Nc2nc(N)c(C(=O)c3c(Cl)cccc3Cl)s2)cc1. The Bertz CT molecular complexity index is 1200. The normalized spacial score (nSPS) is 11.7. The zero-order valence-corrected chi connectivity index (χ0v) is 20.7. The molecule has 3 aromatic rings. The second kappa shape index (κ2) is 10.2. The van der Waals surface area contributed by atoms with Crippen LogP contribution >= 0.6 is 34.5 Å². The number of anilines is 3. The molecule has 1 heterocycles. The lowest BCUT2D eigenvalue weighted by Gasteiger charge is -2.13. The van der Waals surface area contributed by atoms with Crippen LogP contribution in [0.3, 0.4) is 0 Å². The number of hydrogen-bond donors (Lipinski definition) is 2. The third kappa shape index (κ3) is 5.43. The lowest BCUT2D eigenvalue weighted by atomic mass is 10.1. The molecule has 2 aromatic carbocycles. The molecule has 0 unspecified atom stereocenters. The van der Waals surface area contributed by atoms with E-state index in [1.807, 2.05) is 13.8 Å². The van der Waals surface area contributed by atoms with E-state index in [-0.39, 0.29) is 42.9 Å². The van der Waals surface area contributed by atoms with E-state index in [9.17, 15) is 13.2 Å². The average Bonchev–Trinajstić information content (AvgIpc) is 3.12. The van der Waals surface area contributed by atoms with E-state index >= 15 is 0 Å². The zero-order valence-electron chi connectivity index (χ0n) is 17.6. The van der Waals surface area contributed by atoms with Gasteiger partial charge >= 0.3 is 0 Å². The molecule has 0 aliphatic rings. The number of carbonyl (C=O) groups excluding carboxylic acids is 1. The molecule has 0 atom stereocenters. The number of hydrogen-bond acceptors (Lipinski definition) is 7. The van der Waals surface area contributed by atoms with E-state index in [0.29, 0.717) is 10.8 Å². The molecule has 0 fully saturated rings. The predicted octanol–water partition coefficient (Wildman–Crippen LogP) is 6.22. The topological polar surface area (TPSA) is 102 Å². The van der Waals surface area contributed by atoms with Crippen LogP contribution in [0.2, 0.25) is 10.0 Å². The highest BCUT2D eigenvalue weighted by Gasteiger charge is 2.23. The van der Waals surface area contributed by atoms with E-state index in [1.54, 1.807) is 42.5 Å². The van der Waals surface area contributed by atoms with Crippen LogP contribution in [0, 0.1) is 5.92 Å². The molecule has 3 N–H and O–H groups in total. The van der Waals surface area contributed by atoms with Crippen LogP contribution < -0.4 is 11.1 Å². The molecule has 170 valence electrons. The number of carbonyl (C=O) groups is 1. The Morgan fingerprint density at radius 3 is 2.25 bits per heavy atom. The second-order valence-electron chi connectivity index (χ2n) is 7.27. The molecule has 0 aliphatic carbocycles. The van der Waals surface area contributed by atoms with Crippen LogP contribution in [0.25, 0.3) is 0 Å². The maximum atomic E-state index is 12.9. The number of nitrogens with two attached hydrogens (primary N) is 1. The maximum Gasteiger partial charge on any atom is 0.209 e. The summed E-state index contributed by atoms with van der Waals surface area (Å²) in [5.41, 5.74) is 6.75. The number of ketones is 1. The summed E-state index contributed by atoms with van der Waals surface area (Å²) >= 11 is 13.3. The fourth-order valence-corrected chi connectivity index (χ4v) is 6.43. The highest BCUT2D eigenvalue weighted by atomic mass is 35.5. The summed E-state index contributed by atoms with van der Waals surface area (Å²) in [6.45, 7) is 3.99. The monoisotopic (exact) mass is 511 g/mol. The highest BCUT2D eigenvalue weighted by Crippen LogP contribution is 2.34. The fraction of sp³-hybridized carbons (Fsp3) is 0.273. The smallest absolute Gasteiger partial charge is 0.209 e. The first kappa shape index (κ1) is 24.5. The van der Waals surface area contributed by atoms with Gasteiger partial charge in [-0.05, 0) is 42.3 Å². The lowest BCUT2D eigenvalue weighted by molar-refractivity contribution is 0.104. The minimum Gasteiger partial charge on any atom is -0.382 e. The van der Waals surface area contributed by atoms with Crippen molar-refractivity contribution < 1.29 is 13.2 Å². The van der Waals surface area contributed by atoms with Crippen molar-refractivity contribution in [2.45, 2.75) is 31.6 Å². The first-order valence-electron chi connectivity index (χ1n) is 10.0. The molecule has 32 heavy (non-hydrogen) atoms. The van der Waals surface area contributed by atoms with E-state index < -0.39 is 15.6 Å². The quantitative estimate of drug-likeness (QED) is 0.330.